The highest BCUT2D eigenvalue weighted by Gasteiger charge is 1.94. The van der Waals surface area contributed by atoms with Gasteiger partial charge in [0.1, 0.15) is 0 Å². The van der Waals surface area contributed by atoms with Crippen LogP contribution >= 0.6 is 0 Å². The van der Waals surface area contributed by atoms with Crippen molar-refractivity contribution >= 4 is 0 Å². The Morgan fingerprint density at radius 2 is 2.36 bits per heavy atom. The van der Waals surface area contributed by atoms with Crippen LogP contribution in [0.25, 0.3) is 0 Å². The summed E-state index contributed by atoms with van der Waals surface area (Å²) >= 11 is 0. The fraction of sp³-hybridized carbons (Fsp3) is 0.125. The molecule has 1 aromatic rings. The molecule has 1 rings (SSSR count). The lowest BCUT2D eigenvalue weighted by molar-refractivity contribution is 0.162. The molecule has 0 saturated heterocycles. The summed E-state index contributed by atoms with van der Waals surface area (Å²) in [5.74, 6) is 0. The molecule has 0 saturated carbocycles. The van der Waals surface area contributed by atoms with E-state index < -0.39 is 0 Å². The highest BCUT2D eigenvalue weighted by molar-refractivity contribution is 5.07. The summed E-state index contributed by atoms with van der Waals surface area (Å²) in [6.07, 6.45) is 2.25. The molecule has 0 aliphatic rings. The second kappa shape index (κ2) is 3.05. The normalized spacial score (nSPS) is 9.45. The molecule has 3 heteroatoms. The number of nitrogens with zero attached hydrogens (tertiary/aromatic N) is 1. The van der Waals surface area contributed by atoms with E-state index in [4.69, 9.17) is 5.41 Å². The van der Waals surface area contributed by atoms with E-state index in [9.17, 15) is 5.21 Å². The lowest BCUT2D eigenvalue weighted by Crippen LogP contribution is -2.19. The van der Waals surface area contributed by atoms with Gasteiger partial charge in [-0.3, -0.25) is 5.41 Å². The average molecular weight is 150 g/mol. The summed E-state index contributed by atoms with van der Waals surface area (Å²) in [4.78, 5) is 0. The second-order valence-corrected chi connectivity index (χ2v) is 2.21. The molecule has 0 unspecified atom stereocenters. The van der Waals surface area contributed by atoms with E-state index in [0.717, 1.165) is 4.73 Å². The van der Waals surface area contributed by atoms with Crippen molar-refractivity contribution in [2.75, 3.05) is 0 Å². The van der Waals surface area contributed by atoms with Crippen LogP contribution in [-0.4, -0.2) is 9.94 Å². The van der Waals surface area contributed by atoms with Crippen molar-refractivity contribution in [2.45, 2.75) is 6.42 Å². The van der Waals surface area contributed by atoms with E-state index >= 15 is 0 Å². The molecule has 3 nitrogen and oxygen atoms in total. The summed E-state index contributed by atoms with van der Waals surface area (Å²) < 4.78 is 0.849. The van der Waals surface area contributed by atoms with Crippen molar-refractivity contribution in [1.29, 1.82) is 5.41 Å². The largest absolute Gasteiger partial charge is 0.427 e. The predicted molar refractivity (Wildman–Crippen MR) is 41.4 cm³/mol. The molecule has 1 aromatic heterocycles. The summed E-state index contributed by atoms with van der Waals surface area (Å²) in [6.45, 7) is 3.54. The minimum Gasteiger partial charge on any atom is -0.427 e. The van der Waals surface area contributed by atoms with Crippen molar-refractivity contribution < 1.29 is 5.21 Å². The van der Waals surface area contributed by atoms with Crippen LogP contribution in [-0.2, 0) is 6.42 Å². The van der Waals surface area contributed by atoms with Crippen LogP contribution in [0.3, 0.4) is 0 Å². The Labute approximate surface area is 64.7 Å². The maximum Gasteiger partial charge on any atom is 0.160 e. The Bertz CT molecular complexity index is 314. The van der Waals surface area contributed by atoms with E-state index in [1.54, 1.807) is 18.2 Å². The topological polar surface area (TPSA) is 49.0 Å². The summed E-state index contributed by atoms with van der Waals surface area (Å²) in [7, 11) is 0. The van der Waals surface area contributed by atoms with Gasteiger partial charge in [-0.05, 0) is 12.1 Å². The number of allylic oxidation sites excluding steroid dienone is 1. The quantitative estimate of drug-likeness (QED) is 0.478. The molecule has 0 aliphatic carbocycles. The van der Waals surface area contributed by atoms with Crippen LogP contribution in [0.1, 0.15) is 5.69 Å². The zero-order chi connectivity index (χ0) is 8.27. The van der Waals surface area contributed by atoms with E-state index in [2.05, 4.69) is 6.58 Å². The molecule has 0 fully saturated rings. The van der Waals surface area contributed by atoms with Crippen LogP contribution in [0.4, 0.5) is 0 Å². The first-order valence-electron chi connectivity index (χ1n) is 3.31. The maximum absolute atomic E-state index is 9.21. The van der Waals surface area contributed by atoms with Crippen molar-refractivity contribution in [3.8, 4) is 0 Å². The van der Waals surface area contributed by atoms with E-state index in [1.807, 2.05) is 0 Å². The molecule has 11 heavy (non-hydrogen) atoms. The van der Waals surface area contributed by atoms with Gasteiger partial charge in [0.15, 0.2) is 5.49 Å². The monoisotopic (exact) mass is 150 g/mol. The van der Waals surface area contributed by atoms with Crippen LogP contribution in [0.2, 0.25) is 0 Å². The van der Waals surface area contributed by atoms with Gasteiger partial charge < -0.3 is 5.21 Å². The Balaban J connectivity index is 3.16. The van der Waals surface area contributed by atoms with Gasteiger partial charge in [-0.2, -0.15) is 4.73 Å². The number of pyridine rings is 1. The minimum atomic E-state index is 0.0874. The number of nitrogens with one attached hydrogen (secondary N) is 1. The molecule has 1 heterocycles. The highest BCUT2D eigenvalue weighted by Crippen LogP contribution is 1.94. The molecule has 58 valence electrons. The Morgan fingerprint density at radius 3 is 3.00 bits per heavy atom. The summed E-state index contributed by atoms with van der Waals surface area (Å²) in [5, 5.41) is 16.4. The van der Waals surface area contributed by atoms with Gasteiger partial charge in [0.25, 0.3) is 0 Å². The minimum absolute atomic E-state index is 0.0874. The van der Waals surface area contributed by atoms with Gasteiger partial charge >= 0.3 is 0 Å². The lowest BCUT2D eigenvalue weighted by Gasteiger charge is -2.02. The molecule has 0 bridgehead atoms. The summed E-state index contributed by atoms with van der Waals surface area (Å²) in [5.41, 5.74) is 0.761. The van der Waals surface area contributed by atoms with Gasteiger partial charge in [-0.1, -0.05) is 12.1 Å². The van der Waals surface area contributed by atoms with Crippen LogP contribution in [0, 0.1) is 5.41 Å². The maximum atomic E-state index is 9.21. The highest BCUT2D eigenvalue weighted by atomic mass is 16.5. The van der Waals surface area contributed by atoms with Gasteiger partial charge in [0.2, 0.25) is 0 Å². The standard InChI is InChI=1S/C8H10N2O/c1-2-4-7-5-3-6-8(9)10(7)11/h2-3,5-6,9,11H,1,4H2. The van der Waals surface area contributed by atoms with Gasteiger partial charge in [0.05, 0.1) is 5.69 Å². The van der Waals surface area contributed by atoms with Crippen molar-refractivity contribution in [2.24, 2.45) is 0 Å². The zero-order valence-electron chi connectivity index (χ0n) is 6.12. The molecule has 0 atom stereocenters. The third-order valence-electron chi connectivity index (χ3n) is 1.40. The Morgan fingerprint density at radius 1 is 1.64 bits per heavy atom. The average Bonchev–Trinajstić information content (AvgIpc) is 1.99. The van der Waals surface area contributed by atoms with Crippen LogP contribution in [0.5, 0.6) is 0 Å². The smallest absolute Gasteiger partial charge is 0.160 e. The second-order valence-electron chi connectivity index (χ2n) is 2.21. The molecule has 0 amide bonds. The zero-order valence-corrected chi connectivity index (χ0v) is 6.12. The first-order chi connectivity index (χ1) is 5.25. The first kappa shape index (κ1) is 7.60. The van der Waals surface area contributed by atoms with Gasteiger partial charge in [0, 0.05) is 6.42 Å². The van der Waals surface area contributed by atoms with Crippen LogP contribution < -0.4 is 5.49 Å². The Hall–Kier alpha value is -1.51. The molecule has 0 radical (unpaired) electrons. The fourth-order valence-corrected chi connectivity index (χ4v) is 0.849. The van der Waals surface area contributed by atoms with Gasteiger partial charge in [-0.25, -0.2) is 0 Å². The van der Waals surface area contributed by atoms with Gasteiger partial charge in [-0.15, -0.1) is 6.58 Å². The predicted octanol–water partition coefficient (Wildman–Crippen LogP) is 0.933. The Kier molecular flexibility index (Phi) is 2.11. The van der Waals surface area contributed by atoms with Crippen molar-refractivity contribution in [3.05, 3.63) is 42.0 Å². The first-order valence-corrected chi connectivity index (χ1v) is 3.31. The molecular weight excluding hydrogens is 140 g/mol. The number of hydrogen-bond acceptors (Lipinski definition) is 2. The lowest BCUT2D eigenvalue weighted by atomic mass is 10.3. The third-order valence-corrected chi connectivity index (χ3v) is 1.40. The summed E-state index contributed by atoms with van der Waals surface area (Å²) in [6, 6.07) is 5.00. The van der Waals surface area contributed by atoms with E-state index in [1.165, 1.54) is 6.07 Å². The SMILES string of the molecule is C=CCc1cccc(=N)n1O. The number of aromatic nitrogens is 1. The molecule has 0 aromatic carbocycles. The molecule has 0 aliphatic heterocycles. The fourth-order valence-electron chi connectivity index (χ4n) is 0.849. The van der Waals surface area contributed by atoms with Crippen molar-refractivity contribution in [1.82, 2.24) is 4.73 Å². The molecular formula is C8H10N2O. The van der Waals surface area contributed by atoms with E-state index in [-0.39, 0.29) is 5.49 Å². The van der Waals surface area contributed by atoms with Crippen LogP contribution in [0.15, 0.2) is 30.9 Å². The third kappa shape index (κ3) is 1.49. The number of rotatable bonds is 2. The molecule has 0 spiro atoms. The van der Waals surface area contributed by atoms with Crippen molar-refractivity contribution in [3.63, 3.8) is 0 Å². The number of hydrogen-bond donors (Lipinski definition) is 2. The van der Waals surface area contributed by atoms with E-state index in [0.29, 0.717) is 12.1 Å². The molecule has 2 N–H and O–H groups in total.